The molecule has 0 bridgehead atoms. The van der Waals surface area contributed by atoms with Crippen molar-refractivity contribution in [3.05, 3.63) is 28.8 Å². The van der Waals surface area contributed by atoms with Crippen molar-refractivity contribution in [3.8, 4) is 0 Å². The summed E-state index contributed by atoms with van der Waals surface area (Å²) >= 11 is 6.25. The van der Waals surface area contributed by atoms with Crippen LogP contribution >= 0.6 is 11.6 Å². The molecule has 0 aliphatic heterocycles. The average molecular weight is 284 g/mol. The summed E-state index contributed by atoms with van der Waals surface area (Å²) in [5.41, 5.74) is 0.689. The number of carbonyl (C=O) groups excluding carboxylic acids is 1. The second kappa shape index (κ2) is 5.45. The highest BCUT2D eigenvalue weighted by molar-refractivity contribution is 6.89. The molecule has 0 atom stereocenters. The fourth-order valence-corrected chi connectivity index (χ4v) is 3.70. The fraction of sp³-hybridized carbons (Fsp3) is 0.500. The van der Waals surface area contributed by atoms with E-state index in [-0.39, 0.29) is 11.9 Å². The first-order chi connectivity index (χ1) is 8.16. The van der Waals surface area contributed by atoms with Gasteiger partial charge in [-0.05, 0) is 25.1 Å². The first-order valence-electron chi connectivity index (χ1n) is 6.22. The largest absolute Gasteiger partial charge is 0.339 e. The van der Waals surface area contributed by atoms with Gasteiger partial charge in [-0.25, -0.2) is 0 Å². The predicted octanol–water partition coefficient (Wildman–Crippen LogP) is 3.37. The van der Waals surface area contributed by atoms with E-state index in [1.165, 1.54) is 0 Å². The number of nitrogens with zero attached hydrogens (tertiary/aromatic N) is 1. The Hall–Kier alpha value is -0.803. The molecule has 0 unspecified atom stereocenters. The van der Waals surface area contributed by atoms with Gasteiger partial charge in [0.2, 0.25) is 0 Å². The minimum Gasteiger partial charge on any atom is -0.339 e. The first-order valence-corrected chi connectivity index (χ1v) is 10.1. The van der Waals surface area contributed by atoms with E-state index in [0.717, 1.165) is 5.19 Å². The SMILES string of the molecule is CC(C)N(C)C(=O)c1c(Cl)cccc1[Si](C)(C)C. The minimum atomic E-state index is -1.58. The van der Waals surface area contributed by atoms with Gasteiger partial charge in [0, 0.05) is 13.1 Å². The number of hydrogen-bond acceptors (Lipinski definition) is 1. The van der Waals surface area contributed by atoms with Gasteiger partial charge in [-0.1, -0.05) is 43.4 Å². The third-order valence-corrected chi connectivity index (χ3v) is 5.48. The Balaban J connectivity index is 3.36. The van der Waals surface area contributed by atoms with Crippen LogP contribution in [-0.4, -0.2) is 32.0 Å². The summed E-state index contributed by atoms with van der Waals surface area (Å²) < 4.78 is 0. The van der Waals surface area contributed by atoms with Crippen LogP contribution in [0.1, 0.15) is 24.2 Å². The van der Waals surface area contributed by atoms with Crippen molar-refractivity contribution in [2.24, 2.45) is 0 Å². The Morgan fingerprint density at radius 3 is 2.28 bits per heavy atom. The van der Waals surface area contributed by atoms with E-state index in [4.69, 9.17) is 11.6 Å². The zero-order valence-corrected chi connectivity index (χ0v) is 13.8. The molecule has 1 aromatic rings. The van der Waals surface area contributed by atoms with Crippen LogP contribution in [0.2, 0.25) is 24.7 Å². The van der Waals surface area contributed by atoms with E-state index in [0.29, 0.717) is 10.6 Å². The lowest BCUT2D eigenvalue weighted by molar-refractivity contribution is 0.0756. The quantitative estimate of drug-likeness (QED) is 0.779. The molecular formula is C14H22ClNOSi. The second-order valence-electron chi connectivity index (χ2n) is 5.92. The minimum absolute atomic E-state index is 0.0213. The third-order valence-electron chi connectivity index (χ3n) is 3.13. The number of amides is 1. The zero-order chi connectivity index (χ0) is 14.1. The molecule has 0 N–H and O–H groups in total. The first kappa shape index (κ1) is 15.3. The van der Waals surface area contributed by atoms with Crippen LogP contribution in [0.3, 0.4) is 0 Å². The summed E-state index contributed by atoms with van der Waals surface area (Å²) in [5.74, 6) is 0.0213. The van der Waals surface area contributed by atoms with Crippen molar-refractivity contribution in [2.45, 2.75) is 39.5 Å². The summed E-state index contributed by atoms with van der Waals surface area (Å²) in [6, 6.07) is 5.94. The zero-order valence-electron chi connectivity index (χ0n) is 12.0. The highest BCUT2D eigenvalue weighted by atomic mass is 35.5. The molecule has 0 saturated heterocycles. The van der Waals surface area contributed by atoms with Gasteiger partial charge >= 0.3 is 0 Å². The summed E-state index contributed by atoms with van der Waals surface area (Å²) in [5, 5.41) is 1.69. The van der Waals surface area contributed by atoms with Crippen molar-refractivity contribution >= 4 is 30.8 Å². The molecule has 0 heterocycles. The molecule has 0 saturated carbocycles. The van der Waals surface area contributed by atoms with Gasteiger partial charge in [-0.2, -0.15) is 0 Å². The monoisotopic (exact) mass is 283 g/mol. The molecule has 4 heteroatoms. The lowest BCUT2D eigenvalue weighted by Crippen LogP contribution is -2.45. The van der Waals surface area contributed by atoms with Crippen LogP contribution in [0.25, 0.3) is 0 Å². The van der Waals surface area contributed by atoms with Crippen molar-refractivity contribution in [2.75, 3.05) is 7.05 Å². The van der Waals surface area contributed by atoms with Crippen LogP contribution in [0.4, 0.5) is 0 Å². The van der Waals surface area contributed by atoms with Crippen LogP contribution in [0.15, 0.2) is 18.2 Å². The molecular weight excluding hydrogens is 262 g/mol. The summed E-state index contributed by atoms with van der Waals surface area (Å²) in [7, 11) is 0.239. The van der Waals surface area contributed by atoms with Gasteiger partial charge in [-0.3, -0.25) is 4.79 Å². The van der Waals surface area contributed by atoms with Gasteiger partial charge in [0.1, 0.15) is 0 Å². The van der Waals surface area contributed by atoms with E-state index < -0.39 is 8.07 Å². The van der Waals surface area contributed by atoms with Gasteiger partial charge in [0.25, 0.3) is 5.91 Å². The molecule has 1 rings (SSSR count). The van der Waals surface area contributed by atoms with E-state index in [2.05, 4.69) is 19.6 Å². The summed E-state index contributed by atoms with van der Waals surface area (Å²) in [6.07, 6.45) is 0. The van der Waals surface area contributed by atoms with Gasteiger partial charge in [0.05, 0.1) is 18.7 Å². The van der Waals surface area contributed by atoms with Crippen LogP contribution in [-0.2, 0) is 0 Å². The van der Waals surface area contributed by atoms with Gasteiger partial charge < -0.3 is 4.90 Å². The maximum Gasteiger partial charge on any atom is 0.255 e. The van der Waals surface area contributed by atoms with E-state index in [9.17, 15) is 4.79 Å². The lowest BCUT2D eigenvalue weighted by atomic mass is 10.2. The number of benzene rings is 1. The maximum atomic E-state index is 12.5. The maximum absolute atomic E-state index is 12.5. The Kier molecular flexibility index (Phi) is 4.62. The smallest absolute Gasteiger partial charge is 0.255 e. The van der Waals surface area contributed by atoms with Crippen LogP contribution in [0, 0.1) is 0 Å². The molecule has 100 valence electrons. The van der Waals surface area contributed by atoms with E-state index in [1.54, 1.807) is 11.0 Å². The van der Waals surface area contributed by atoms with Crippen LogP contribution in [0.5, 0.6) is 0 Å². The van der Waals surface area contributed by atoms with Gasteiger partial charge in [-0.15, -0.1) is 0 Å². The van der Waals surface area contributed by atoms with Crippen molar-refractivity contribution in [1.29, 1.82) is 0 Å². The predicted molar refractivity (Wildman–Crippen MR) is 81.7 cm³/mol. The standard InChI is InChI=1S/C14H22ClNOSi/c1-10(2)16(3)14(17)13-11(15)8-7-9-12(13)18(4,5)6/h7-10H,1-6H3. The second-order valence-corrected chi connectivity index (χ2v) is 11.4. The molecule has 0 fully saturated rings. The number of carbonyl (C=O) groups is 1. The number of rotatable bonds is 3. The molecule has 0 aromatic heterocycles. The van der Waals surface area contributed by atoms with E-state index in [1.807, 2.05) is 33.0 Å². The van der Waals surface area contributed by atoms with Crippen LogP contribution < -0.4 is 5.19 Å². The summed E-state index contributed by atoms with van der Waals surface area (Å²) in [6.45, 7) is 10.7. The molecule has 0 aliphatic rings. The molecule has 18 heavy (non-hydrogen) atoms. The Morgan fingerprint density at radius 2 is 1.83 bits per heavy atom. The Bertz CT molecular complexity index is 452. The van der Waals surface area contributed by atoms with Crippen molar-refractivity contribution < 1.29 is 4.79 Å². The Morgan fingerprint density at radius 1 is 1.28 bits per heavy atom. The highest BCUT2D eigenvalue weighted by Crippen LogP contribution is 2.19. The lowest BCUT2D eigenvalue weighted by Gasteiger charge is -2.27. The average Bonchev–Trinajstić information content (AvgIpc) is 2.25. The third kappa shape index (κ3) is 3.15. The Labute approximate surface area is 116 Å². The molecule has 0 radical (unpaired) electrons. The highest BCUT2D eigenvalue weighted by Gasteiger charge is 2.27. The number of hydrogen-bond donors (Lipinski definition) is 0. The molecule has 2 nitrogen and oxygen atoms in total. The molecule has 0 spiro atoms. The normalized spacial score (nSPS) is 11.8. The summed E-state index contributed by atoms with van der Waals surface area (Å²) in [4.78, 5) is 14.3. The van der Waals surface area contributed by atoms with E-state index >= 15 is 0 Å². The number of halogens is 1. The molecule has 0 aliphatic carbocycles. The van der Waals surface area contributed by atoms with Gasteiger partial charge in [0.15, 0.2) is 0 Å². The van der Waals surface area contributed by atoms with Crippen molar-refractivity contribution in [1.82, 2.24) is 4.90 Å². The molecule has 1 amide bonds. The molecule has 1 aromatic carbocycles. The van der Waals surface area contributed by atoms with Crippen molar-refractivity contribution in [3.63, 3.8) is 0 Å². The fourth-order valence-electron chi connectivity index (χ4n) is 1.78. The topological polar surface area (TPSA) is 20.3 Å².